The number of aromatic hydroxyl groups is 1. The van der Waals surface area contributed by atoms with E-state index in [1.807, 2.05) is 13.8 Å². The lowest BCUT2D eigenvalue weighted by Crippen LogP contribution is -2.40. The van der Waals surface area contributed by atoms with Crippen LogP contribution in [0.5, 0.6) is 5.75 Å². The number of rotatable bonds is 4. The molecule has 1 amide bonds. The van der Waals surface area contributed by atoms with Gasteiger partial charge in [-0.3, -0.25) is 4.79 Å². The van der Waals surface area contributed by atoms with E-state index in [0.29, 0.717) is 13.1 Å². The molecule has 0 aliphatic rings. The first-order chi connectivity index (χ1) is 7.97. The molecule has 1 aromatic rings. The molecule has 0 atom stereocenters. The topological polar surface area (TPSA) is 66.6 Å². The normalized spacial score (nSPS) is 10.6. The number of amides is 1. The van der Waals surface area contributed by atoms with Gasteiger partial charge in [-0.15, -0.1) is 0 Å². The summed E-state index contributed by atoms with van der Waals surface area (Å²) in [5, 5.41) is 9.54. The highest BCUT2D eigenvalue weighted by Gasteiger charge is 2.20. The molecule has 0 aliphatic carbocycles. The van der Waals surface area contributed by atoms with Gasteiger partial charge in [0, 0.05) is 25.2 Å². The number of nitrogens with zero attached hydrogens (tertiary/aromatic N) is 1. The number of hydrogen-bond acceptors (Lipinski definition) is 3. The largest absolute Gasteiger partial charge is 0.507 e. The Morgan fingerprint density at radius 2 is 2.18 bits per heavy atom. The molecule has 0 aliphatic heterocycles. The van der Waals surface area contributed by atoms with E-state index >= 15 is 0 Å². The van der Waals surface area contributed by atoms with Crippen LogP contribution in [0.1, 0.15) is 24.2 Å². The zero-order valence-corrected chi connectivity index (χ0v) is 9.98. The van der Waals surface area contributed by atoms with Crippen molar-refractivity contribution in [2.75, 3.05) is 13.1 Å². The molecule has 0 unspecified atom stereocenters. The van der Waals surface area contributed by atoms with Gasteiger partial charge >= 0.3 is 0 Å². The van der Waals surface area contributed by atoms with E-state index in [9.17, 15) is 14.3 Å². The quantitative estimate of drug-likeness (QED) is 0.834. The minimum absolute atomic E-state index is 0.0319. The molecule has 0 spiro atoms. The average Bonchev–Trinajstić information content (AvgIpc) is 2.24. The van der Waals surface area contributed by atoms with Crippen LogP contribution in [0.25, 0.3) is 0 Å². The standard InChI is InChI=1S/C12H17FN2O2/c1-8(2)15(6-5-14)12(17)10-4-3-9(13)7-11(10)16/h3-4,7-8,16H,5-6,14H2,1-2H3. The van der Waals surface area contributed by atoms with Crippen LogP contribution in [0.2, 0.25) is 0 Å². The third-order valence-electron chi connectivity index (χ3n) is 2.44. The summed E-state index contributed by atoms with van der Waals surface area (Å²) in [6.07, 6.45) is 0. The van der Waals surface area contributed by atoms with Crippen LogP contribution in [0, 0.1) is 5.82 Å². The van der Waals surface area contributed by atoms with Crippen molar-refractivity contribution in [1.82, 2.24) is 4.90 Å². The van der Waals surface area contributed by atoms with Crippen LogP contribution in [0.3, 0.4) is 0 Å². The zero-order valence-electron chi connectivity index (χ0n) is 9.98. The van der Waals surface area contributed by atoms with E-state index in [4.69, 9.17) is 5.73 Å². The van der Waals surface area contributed by atoms with Gasteiger partial charge in [-0.2, -0.15) is 0 Å². The van der Waals surface area contributed by atoms with Gasteiger partial charge in [-0.25, -0.2) is 4.39 Å². The van der Waals surface area contributed by atoms with E-state index in [1.54, 1.807) is 0 Å². The molecule has 5 heteroatoms. The van der Waals surface area contributed by atoms with Crippen LogP contribution >= 0.6 is 0 Å². The van der Waals surface area contributed by atoms with Gasteiger partial charge < -0.3 is 15.7 Å². The van der Waals surface area contributed by atoms with Gasteiger partial charge in [-0.1, -0.05) is 0 Å². The Morgan fingerprint density at radius 1 is 1.53 bits per heavy atom. The molecule has 0 heterocycles. The highest BCUT2D eigenvalue weighted by Crippen LogP contribution is 2.20. The number of hydrogen-bond donors (Lipinski definition) is 2. The molecule has 0 radical (unpaired) electrons. The summed E-state index contributed by atoms with van der Waals surface area (Å²) < 4.78 is 12.8. The predicted octanol–water partition coefficient (Wildman–Crippen LogP) is 1.34. The molecule has 3 N–H and O–H groups in total. The molecule has 0 saturated carbocycles. The van der Waals surface area contributed by atoms with Crippen molar-refractivity contribution in [2.24, 2.45) is 5.73 Å². The van der Waals surface area contributed by atoms with Gasteiger partial charge in [0.25, 0.3) is 5.91 Å². The van der Waals surface area contributed by atoms with E-state index in [-0.39, 0.29) is 23.3 Å². The van der Waals surface area contributed by atoms with Crippen LogP contribution in [0.15, 0.2) is 18.2 Å². The average molecular weight is 240 g/mol. The lowest BCUT2D eigenvalue weighted by Gasteiger charge is -2.26. The van der Waals surface area contributed by atoms with Crippen LogP contribution < -0.4 is 5.73 Å². The molecule has 0 saturated heterocycles. The Labute approximate surface area is 99.8 Å². The summed E-state index contributed by atoms with van der Waals surface area (Å²) in [4.78, 5) is 13.6. The Morgan fingerprint density at radius 3 is 2.65 bits per heavy atom. The molecule has 94 valence electrons. The monoisotopic (exact) mass is 240 g/mol. The summed E-state index contributed by atoms with van der Waals surface area (Å²) >= 11 is 0. The second-order valence-corrected chi connectivity index (χ2v) is 4.04. The highest BCUT2D eigenvalue weighted by molar-refractivity contribution is 5.97. The van der Waals surface area contributed by atoms with Crippen molar-refractivity contribution in [3.63, 3.8) is 0 Å². The zero-order chi connectivity index (χ0) is 13.0. The van der Waals surface area contributed by atoms with Crippen molar-refractivity contribution in [2.45, 2.75) is 19.9 Å². The summed E-state index contributed by atoms with van der Waals surface area (Å²) in [7, 11) is 0. The number of carbonyl (C=O) groups excluding carboxylic acids is 1. The fourth-order valence-electron chi connectivity index (χ4n) is 1.57. The molecule has 0 fully saturated rings. The molecular formula is C12H17FN2O2. The Bertz CT molecular complexity index is 407. The first-order valence-corrected chi connectivity index (χ1v) is 5.47. The van der Waals surface area contributed by atoms with Crippen molar-refractivity contribution < 1.29 is 14.3 Å². The smallest absolute Gasteiger partial charge is 0.257 e. The fraction of sp³-hybridized carbons (Fsp3) is 0.417. The number of phenolic OH excluding ortho intramolecular Hbond substituents is 1. The number of carbonyl (C=O) groups is 1. The van der Waals surface area contributed by atoms with Crippen LogP contribution in [-0.4, -0.2) is 35.0 Å². The van der Waals surface area contributed by atoms with Crippen molar-refractivity contribution in [3.05, 3.63) is 29.6 Å². The number of benzene rings is 1. The minimum atomic E-state index is -0.575. The van der Waals surface area contributed by atoms with Gasteiger partial charge in [0.05, 0.1) is 5.56 Å². The molecule has 1 aromatic carbocycles. The second-order valence-electron chi connectivity index (χ2n) is 4.04. The molecule has 4 nitrogen and oxygen atoms in total. The maximum absolute atomic E-state index is 12.8. The molecule has 0 bridgehead atoms. The summed E-state index contributed by atoms with van der Waals surface area (Å²) in [5.41, 5.74) is 5.52. The van der Waals surface area contributed by atoms with E-state index in [1.165, 1.54) is 11.0 Å². The maximum atomic E-state index is 12.8. The Balaban J connectivity index is 3.01. The van der Waals surface area contributed by atoms with Crippen molar-refractivity contribution >= 4 is 5.91 Å². The third-order valence-corrected chi connectivity index (χ3v) is 2.44. The fourth-order valence-corrected chi connectivity index (χ4v) is 1.57. The van der Waals surface area contributed by atoms with Gasteiger partial charge in [-0.05, 0) is 26.0 Å². The second kappa shape index (κ2) is 5.63. The SMILES string of the molecule is CC(C)N(CCN)C(=O)c1ccc(F)cc1O. The molecule has 1 rings (SSSR count). The molecule has 0 aromatic heterocycles. The van der Waals surface area contributed by atoms with E-state index in [2.05, 4.69) is 0 Å². The van der Waals surface area contributed by atoms with Crippen molar-refractivity contribution in [3.8, 4) is 5.75 Å². The summed E-state index contributed by atoms with van der Waals surface area (Å²) in [6, 6.07) is 3.32. The van der Waals surface area contributed by atoms with Gasteiger partial charge in [0.1, 0.15) is 11.6 Å². The minimum Gasteiger partial charge on any atom is -0.507 e. The summed E-state index contributed by atoms with van der Waals surface area (Å²) in [6.45, 7) is 4.45. The third kappa shape index (κ3) is 3.17. The Kier molecular flexibility index (Phi) is 4.45. The summed E-state index contributed by atoms with van der Waals surface area (Å²) in [5.74, 6) is -1.27. The van der Waals surface area contributed by atoms with Gasteiger partial charge in [0.15, 0.2) is 0 Å². The van der Waals surface area contributed by atoms with E-state index in [0.717, 1.165) is 12.1 Å². The number of phenols is 1. The van der Waals surface area contributed by atoms with Crippen molar-refractivity contribution in [1.29, 1.82) is 0 Å². The molecular weight excluding hydrogens is 223 g/mol. The maximum Gasteiger partial charge on any atom is 0.257 e. The highest BCUT2D eigenvalue weighted by atomic mass is 19.1. The number of nitrogens with two attached hydrogens (primary N) is 1. The first kappa shape index (κ1) is 13.4. The lowest BCUT2D eigenvalue weighted by atomic mass is 10.1. The first-order valence-electron chi connectivity index (χ1n) is 5.47. The van der Waals surface area contributed by atoms with E-state index < -0.39 is 5.82 Å². The van der Waals surface area contributed by atoms with Gasteiger partial charge in [0.2, 0.25) is 0 Å². The Hall–Kier alpha value is -1.62. The molecule has 17 heavy (non-hydrogen) atoms. The van der Waals surface area contributed by atoms with Crippen LogP contribution in [0.4, 0.5) is 4.39 Å². The predicted molar refractivity (Wildman–Crippen MR) is 63.3 cm³/mol. The lowest BCUT2D eigenvalue weighted by molar-refractivity contribution is 0.0708. The number of halogens is 1. The van der Waals surface area contributed by atoms with Crippen LogP contribution in [-0.2, 0) is 0 Å².